The second kappa shape index (κ2) is 5.12. The number of hydrogen-bond acceptors (Lipinski definition) is 4. The monoisotopic (exact) mass is 352 g/mol. The Morgan fingerprint density at radius 1 is 1.26 bits per heavy atom. The molecule has 4 atom stereocenters. The van der Waals surface area contributed by atoms with Gasteiger partial charge in [-0.15, -0.1) is 0 Å². The zero-order chi connectivity index (χ0) is 17.1. The molecule has 0 heterocycles. The molecule has 0 aromatic rings. The van der Waals surface area contributed by atoms with Crippen molar-refractivity contribution < 1.29 is 31.3 Å². The van der Waals surface area contributed by atoms with E-state index < -0.39 is 21.3 Å². The van der Waals surface area contributed by atoms with Crippen molar-refractivity contribution in [1.82, 2.24) is 0 Å². The Morgan fingerprint density at radius 3 is 2.57 bits per heavy atom. The first kappa shape index (κ1) is 17.1. The molecule has 23 heavy (non-hydrogen) atoms. The first-order valence-electron chi connectivity index (χ1n) is 7.99. The van der Waals surface area contributed by atoms with Gasteiger partial charge in [-0.25, -0.2) is 4.79 Å². The number of ether oxygens (including phenoxy) is 1. The summed E-state index contributed by atoms with van der Waals surface area (Å²) in [6.45, 7) is 2.00. The van der Waals surface area contributed by atoms with Crippen LogP contribution in [-0.4, -0.2) is 30.8 Å². The molecule has 0 spiro atoms. The molecule has 0 radical (unpaired) electrons. The minimum Gasteiger partial charge on any atom is -0.460 e. The predicted molar refractivity (Wildman–Crippen MR) is 77.3 cm³/mol. The van der Waals surface area contributed by atoms with Gasteiger partial charge in [-0.2, -0.15) is 17.2 Å². The van der Waals surface area contributed by atoms with E-state index in [9.17, 15) is 22.0 Å². The maximum Gasteiger partial charge on any atom is 0.465 e. The smallest absolute Gasteiger partial charge is 0.460 e. The number of alkyl halides is 2. The summed E-state index contributed by atoms with van der Waals surface area (Å²) >= 11 is 0. The van der Waals surface area contributed by atoms with E-state index in [1.807, 2.05) is 0 Å². The van der Waals surface area contributed by atoms with Crippen LogP contribution in [0.3, 0.4) is 0 Å². The fraction of sp³-hybridized carbons (Fsp3) is 0.933. The molecule has 4 unspecified atom stereocenters. The Bertz CT molecular complexity index is 619. The van der Waals surface area contributed by atoms with E-state index in [4.69, 9.17) is 4.55 Å². The Kier molecular flexibility index (Phi) is 3.80. The van der Waals surface area contributed by atoms with Crippen molar-refractivity contribution in [2.75, 3.05) is 6.61 Å². The van der Waals surface area contributed by atoms with Gasteiger partial charge >= 0.3 is 21.3 Å². The average Bonchev–Trinajstić information content (AvgIpc) is 2.41. The summed E-state index contributed by atoms with van der Waals surface area (Å²) in [6, 6.07) is 0. The van der Waals surface area contributed by atoms with E-state index in [1.165, 1.54) is 6.42 Å². The predicted octanol–water partition coefficient (Wildman–Crippen LogP) is 3.01. The lowest BCUT2D eigenvalue weighted by Gasteiger charge is -2.58. The quantitative estimate of drug-likeness (QED) is 0.621. The van der Waals surface area contributed by atoms with Crippen molar-refractivity contribution in [3.8, 4) is 0 Å². The number of esters is 1. The molecule has 0 amide bonds. The van der Waals surface area contributed by atoms with Gasteiger partial charge in [-0.05, 0) is 62.2 Å². The van der Waals surface area contributed by atoms with Gasteiger partial charge in [0.2, 0.25) is 0 Å². The highest BCUT2D eigenvalue weighted by Gasteiger charge is 2.57. The van der Waals surface area contributed by atoms with Crippen LogP contribution in [0.5, 0.6) is 0 Å². The van der Waals surface area contributed by atoms with Crippen molar-refractivity contribution in [3.05, 3.63) is 0 Å². The van der Waals surface area contributed by atoms with Crippen LogP contribution in [0.15, 0.2) is 0 Å². The first-order valence-corrected chi connectivity index (χ1v) is 9.43. The molecule has 3 aliphatic carbocycles. The van der Waals surface area contributed by atoms with Gasteiger partial charge in [0.05, 0.1) is 6.61 Å². The van der Waals surface area contributed by atoms with Gasteiger partial charge in [0.25, 0.3) is 0 Å². The summed E-state index contributed by atoms with van der Waals surface area (Å²) in [5.74, 6) is -0.971. The minimum absolute atomic E-state index is 0.151. The molecule has 5 nitrogen and oxygen atoms in total. The SMILES string of the molecule is CC12CCC3CCC(COC(=O)C(F)(F)S(=O)(=O)O)(CC3C1)C2. The molecule has 8 heteroatoms. The first-order chi connectivity index (χ1) is 10.5. The number of halogens is 2. The normalized spacial score (nSPS) is 40.0. The Hall–Kier alpha value is -0.760. The van der Waals surface area contributed by atoms with Crippen molar-refractivity contribution in [2.45, 2.75) is 57.1 Å². The lowest BCUT2D eigenvalue weighted by atomic mass is 9.47. The highest BCUT2D eigenvalue weighted by molar-refractivity contribution is 7.87. The highest BCUT2D eigenvalue weighted by atomic mass is 32.2. The largest absolute Gasteiger partial charge is 0.465 e. The van der Waals surface area contributed by atoms with Crippen molar-refractivity contribution in [3.63, 3.8) is 0 Å². The van der Waals surface area contributed by atoms with Gasteiger partial charge < -0.3 is 4.74 Å². The van der Waals surface area contributed by atoms with Crippen LogP contribution in [0.2, 0.25) is 0 Å². The summed E-state index contributed by atoms with van der Waals surface area (Å²) in [5.41, 5.74) is -0.183. The molecule has 1 N–H and O–H groups in total. The van der Waals surface area contributed by atoms with Crippen LogP contribution >= 0.6 is 0 Å². The van der Waals surface area contributed by atoms with E-state index in [1.54, 1.807) is 0 Å². The maximum atomic E-state index is 13.3. The molecular formula is C15H22F2O5S. The maximum absolute atomic E-state index is 13.3. The molecule has 0 aromatic heterocycles. The minimum atomic E-state index is -5.81. The van der Waals surface area contributed by atoms with Gasteiger partial charge in [0.1, 0.15) is 0 Å². The molecule has 3 saturated carbocycles. The Morgan fingerprint density at radius 2 is 1.91 bits per heavy atom. The molecule has 3 rings (SSSR count). The zero-order valence-electron chi connectivity index (χ0n) is 13.1. The third-order valence-corrected chi connectivity index (χ3v) is 6.97. The van der Waals surface area contributed by atoms with E-state index >= 15 is 0 Å². The second-order valence-corrected chi connectivity index (χ2v) is 9.52. The Balaban J connectivity index is 1.72. The number of carbonyl (C=O) groups is 1. The topological polar surface area (TPSA) is 80.7 Å². The zero-order valence-corrected chi connectivity index (χ0v) is 13.9. The molecule has 3 aliphatic rings. The van der Waals surface area contributed by atoms with Crippen molar-refractivity contribution in [1.29, 1.82) is 0 Å². The molecule has 0 aliphatic heterocycles. The number of hydrogen-bond donors (Lipinski definition) is 1. The number of carbonyl (C=O) groups excluding carboxylic acids is 1. The van der Waals surface area contributed by atoms with E-state index in [0.29, 0.717) is 11.8 Å². The summed E-state index contributed by atoms with van der Waals surface area (Å²) in [6.07, 6.45) is 6.92. The van der Waals surface area contributed by atoms with Crippen LogP contribution in [0, 0.1) is 22.7 Å². The van der Waals surface area contributed by atoms with E-state index in [0.717, 1.165) is 38.5 Å². The Labute approximate surface area is 134 Å². The number of rotatable bonds is 4. The van der Waals surface area contributed by atoms with E-state index in [2.05, 4.69) is 11.7 Å². The lowest BCUT2D eigenvalue weighted by molar-refractivity contribution is -0.173. The molecule has 132 valence electrons. The summed E-state index contributed by atoms with van der Waals surface area (Å²) in [7, 11) is -5.81. The molecule has 0 aromatic carbocycles. The number of fused-ring (bicyclic) bond motifs is 2. The van der Waals surface area contributed by atoms with Crippen LogP contribution in [0.4, 0.5) is 8.78 Å². The summed E-state index contributed by atoms with van der Waals surface area (Å²) < 4.78 is 61.0. The van der Waals surface area contributed by atoms with Crippen LogP contribution in [0.25, 0.3) is 0 Å². The van der Waals surface area contributed by atoms with Gasteiger partial charge in [0, 0.05) is 5.41 Å². The summed E-state index contributed by atoms with van der Waals surface area (Å²) in [5, 5.41) is -4.91. The van der Waals surface area contributed by atoms with Gasteiger partial charge in [-0.1, -0.05) is 6.92 Å². The van der Waals surface area contributed by atoms with Crippen molar-refractivity contribution in [2.24, 2.45) is 22.7 Å². The van der Waals surface area contributed by atoms with Gasteiger partial charge in [0.15, 0.2) is 0 Å². The molecular weight excluding hydrogens is 330 g/mol. The molecule has 3 bridgehead atoms. The lowest BCUT2D eigenvalue weighted by Crippen LogP contribution is -2.51. The third-order valence-electron chi connectivity index (χ3n) is 6.15. The second-order valence-electron chi connectivity index (χ2n) is 8.06. The van der Waals surface area contributed by atoms with Crippen LogP contribution < -0.4 is 0 Å². The van der Waals surface area contributed by atoms with Gasteiger partial charge in [-0.3, -0.25) is 4.55 Å². The third kappa shape index (κ3) is 2.88. The molecule has 3 fully saturated rings. The fourth-order valence-corrected chi connectivity index (χ4v) is 5.53. The van der Waals surface area contributed by atoms with Crippen LogP contribution in [0.1, 0.15) is 51.9 Å². The molecule has 0 saturated heterocycles. The van der Waals surface area contributed by atoms with E-state index in [-0.39, 0.29) is 17.4 Å². The highest BCUT2D eigenvalue weighted by Crippen LogP contribution is 2.63. The average molecular weight is 352 g/mol. The summed E-state index contributed by atoms with van der Waals surface area (Å²) in [4.78, 5) is 11.4. The fourth-order valence-electron chi connectivity index (χ4n) is 5.26. The standard InChI is InChI=1S/C15H22F2O5S/c1-13-4-2-10-3-5-14(8-13,7-11(10)6-13)9-22-12(18)15(16,17)23(19,20)21/h10-11H,2-9H2,1H3,(H,19,20,21). The van der Waals surface area contributed by atoms with Crippen molar-refractivity contribution >= 4 is 16.1 Å². The van der Waals surface area contributed by atoms with Crippen LogP contribution in [-0.2, 0) is 19.6 Å².